The second-order valence-corrected chi connectivity index (χ2v) is 5.02. The summed E-state index contributed by atoms with van der Waals surface area (Å²) in [7, 11) is 0. The minimum Gasteiger partial charge on any atom is -0.461 e. The lowest BCUT2D eigenvalue weighted by Gasteiger charge is -2.03. The topological polar surface area (TPSA) is 72.0 Å². The van der Waals surface area contributed by atoms with E-state index in [-0.39, 0.29) is 11.1 Å². The van der Waals surface area contributed by atoms with Crippen LogP contribution in [-0.4, -0.2) is 22.8 Å². The normalized spacial score (nSPS) is 21.3. The van der Waals surface area contributed by atoms with E-state index >= 15 is 0 Å². The summed E-state index contributed by atoms with van der Waals surface area (Å²) >= 11 is 0. The van der Waals surface area contributed by atoms with Crippen LogP contribution in [0.2, 0.25) is 0 Å². The highest BCUT2D eigenvalue weighted by atomic mass is 16.5. The predicted molar refractivity (Wildman–Crippen MR) is 69.9 cm³/mol. The minimum atomic E-state index is -0.647. The maximum Gasteiger partial charge on any atom is 0.362 e. The molecule has 1 aromatic carbocycles. The molecule has 1 fully saturated rings. The molecule has 0 aliphatic heterocycles. The maximum absolute atomic E-state index is 12.1. The molecule has 1 aliphatic rings. The molecule has 0 radical (unpaired) electrons. The Bertz CT molecular complexity index is 692. The van der Waals surface area contributed by atoms with E-state index in [2.05, 4.69) is 17.1 Å². The number of fused-ring (bicyclic) bond motifs is 1. The molecule has 1 heterocycles. The van der Waals surface area contributed by atoms with Gasteiger partial charge in [0, 0.05) is 5.39 Å². The molecule has 19 heavy (non-hydrogen) atoms. The lowest BCUT2D eigenvalue weighted by molar-refractivity contribution is 0.0472. The van der Waals surface area contributed by atoms with Gasteiger partial charge in [0.15, 0.2) is 0 Å². The average Bonchev–Trinajstić information content (AvgIpc) is 3.13. The van der Waals surface area contributed by atoms with Crippen molar-refractivity contribution in [3.8, 4) is 0 Å². The molecule has 2 aromatic rings. The summed E-state index contributed by atoms with van der Waals surface area (Å²) < 4.78 is 5.13. The van der Waals surface area contributed by atoms with E-state index < -0.39 is 5.97 Å². The van der Waals surface area contributed by atoms with Gasteiger partial charge in [-0.15, -0.1) is 0 Å². The number of hydrogen-bond acceptors (Lipinski definition) is 4. The Kier molecular flexibility index (Phi) is 2.81. The number of carbonyl (C=O) groups excluding carboxylic acids is 1. The highest BCUT2D eigenvalue weighted by molar-refractivity contribution is 5.91. The van der Waals surface area contributed by atoms with Gasteiger partial charge in [-0.1, -0.05) is 19.1 Å². The molecule has 0 bridgehead atoms. The molecular weight excluding hydrogens is 244 g/mol. The van der Waals surface area contributed by atoms with Crippen LogP contribution in [0.4, 0.5) is 0 Å². The maximum atomic E-state index is 12.1. The molecule has 1 saturated carbocycles. The Morgan fingerprint density at radius 3 is 2.95 bits per heavy atom. The van der Waals surface area contributed by atoms with Crippen molar-refractivity contribution in [3.63, 3.8) is 0 Å². The van der Waals surface area contributed by atoms with Crippen LogP contribution in [0.1, 0.15) is 23.8 Å². The first kappa shape index (κ1) is 11.9. The summed E-state index contributed by atoms with van der Waals surface area (Å²) in [6.07, 6.45) is 1.08. The first-order valence-electron chi connectivity index (χ1n) is 6.31. The lowest BCUT2D eigenvalue weighted by Crippen LogP contribution is -2.21. The van der Waals surface area contributed by atoms with Gasteiger partial charge in [0.05, 0.1) is 12.1 Å². The van der Waals surface area contributed by atoms with Crippen LogP contribution in [0.25, 0.3) is 10.9 Å². The third kappa shape index (κ3) is 2.23. The fraction of sp³-hybridized carbons (Fsp3) is 0.357. The SMILES string of the molecule is C[C@H]1C[C@@H]1COC(=O)c1n[nH]c2ccccc2c1=O. The average molecular weight is 258 g/mol. The smallest absolute Gasteiger partial charge is 0.362 e. The predicted octanol–water partition coefficient (Wildman–Crippen LogP) is 1.74. The molecule has 2 atom stereocenters. The van der Waals surface area contributed by atoms with E-state index in [1.54, 1.807) is 24.3 Å². The number of esters is 1. The monoisotopic (exact) mass is 258 g/mol. The number of aromatic amines is 1. The number of nitrogens with one attached hydrogen (secondary N) is 1. The van der Waals surface area contributed by atoms with E-state index in [4.69, 9.17) is 4.74 Å². The van der Waals surface area contributed by atoms with Crippen molar-refractivity contribution >= 4 is 16.9 Å². The third-order valence-electron chi connectivity index (χ3n) is 3.57. The molecule has 1 N–H and O–H groups in total. The Labute approximate surface area is 109 Å². The second kappa shape index (κ2) is 4.50. The van der Waals surface area contributed by atoms with Crippen molar-refractivity contribution in [3.05, 3.63) is 40.2 Å². The van der Waals surface area contributed by atoms with Crippen LogP contribution in [0, 0.1) is 11.8 Å². The van der Waals surface area contributed by atoms with E-state index in [1.165, 1.54) is 0 Å². The van der Waals surface area contributed by atoms with Crippen molar-refractivity contribution in [1.82, 2.24) is 10.2 Å². The highest BCUT2D eigenvalue weighted by Gasteiger charge is 2.34. The number of benzene rings is 1. The number of para-hydroxylation sites is 1. The second-order valence-electron chi connectivity index (χ2n) is 5.02. The van der Waals surface area contributed by atoms with E-state index in [0.29, 0.717) is 29.3 Å². The molecule has 3 rings (SSSR count). The van der Waals surface area contributed by atoms with Crippen LogP contribution < -0.4 is 5.43 Å². The molecule has 0 saturated heterocycles. The van der Waals surface area contributed by atoms with Crippen LogP contribution in [0.15, 0.2) is 29.1 Å². The van der Waals surface area contributed by atoms with Crippen LogP contribution >= 0.6 is 0 Å². The zero-order valence-electron chi connectivity index (χ0n) is 10.6. The van der Waals surface area contributed by atoms with E-state index in [9.17, 15) is 9.59 Å². The molecule has 5 nitrogen and oxygen atoms in total. The van der Waals surface area contributed by atoms with Gasteiger partial charge in [-0.25, -0.2) is 4.79 Å². The molecule has 0 amide bonds. The molecule has 0 spiro atoms. The van der Waals surface area contributed by atoms with Crippen LogP contribution in [-0.2, 0) is 4.74 Å². The van der Waals surface area contributed by atoms with Gasteiger partial charge < -0.3 is 4.74 Å². The van der Waals surface area contributed by atoms with Gasteiger partial charge in [0.25, 0.3) is 0 Å². The van der Waals surface area contributed by atoms with Gasteiger partial charge in [-0.05, 0) is 30.4 Å². The summed E-state index contributed by atoms with van der Waals surface area (Å²) in [6, 6.07) is 6.95. The largest absolute Gasteiger partial charge is 0.461 e. The number of hydrogen-bond donors (Lipinski definition) is 1. The first-order chi connectivity index (χ1) is 9.16. The first-order valence-corrected chi connectivity index (χ1v) is 6.31. The molecule has 5 heteroatoms. The minimum absolute atomic E-state index is 0.174. The number of nitrogens with zero attached hydrogens (tertiary/aromatic N) is 1. The zero-order valence-corrected chi connectivity index (χ0v) is 10.6. The van der Waals surface area contributed by atoms with Gasteiger partial charge >= 0.3 is 5.97 Å². The highest BCUT2D eigenvalue weighted by Crippen LogP contribution is 2.37. The quantitative estimate of drug-likeness (QED) is 0.851. The van der Waals surface area contributed by atoms with E-state index in [0.717, 1.165) is 6.42 Å². The van der Waals surface area contributed by atoms with Gasteiger partial charge in [0.2, 0.25) is 11.1 Å². The van der Waals surface area contributed by atoms with Gasteiger partial charge in [0.1, 0.15) is 0 Å². The molecular formula is C14H14N2O3. The summed E-state index contributed by atoms with van der Waals surface area (Å²) in [6.45, 7) is 2.48. The number of aromatic nitrogens is 2. The van der Waals surface area contributed by atoms with Crippen LogP contribution in [0.3, 0.4) is 0 Å². The summed E-state index contributed by atoms with van der Waals surface area (Å²) in [5.41, 5.74) is 0.0510. The Morgan fingerprint density at radius 1 is 1.47 bits per heavy atom. The Morgan fingerprint density at radius 2 is 2.21 bits per heavy atom. The lowest BCUT2D eigenvalue weighted by atomic mass is 10.2. The Hall–Kier alpha value is -2.17. The van der Waals surface area contributed by atoms with Crippen molar-refractivity contribution in [2.45, 2.75) is 13.3 Å². The van der Waals surface area contributed by atoms with Crippen molar-refractivity contribution in [2.24, 2.45) is 11.8 Å². The number of carbonyl (C=O) groups is 1. The zero-order chi connectivity index (χ0) is 13.4. The fourth-order valence-electron chi connectivity index (χ4n) is 2.09. The van der Waals surface area contributed by atoms with Crippen molar-refractivity contribution in [1.29, 1.82) is 0 Å². The number of H-pyrrole nitrogens is 1. The van der Waals surface area contributed by atoms with Crippen LogP contribution in [0.5, 0.6) is 0 Å². The molecule has 1 aromatic heterocycles. The number of rotatable bonds is 3. The van der Waals surface area contributed by atoms with Gasteiger partial charge in [-0.3, -0.25) is 9.89 Å². The Balaban J connectivity index is 1.85. The number of ether oxygens (including phenoxy) is 1. The standard InChI is InChI=1S/C14H14N2O3/c1-8-6-9(8)7-19-14(18)12-13(17)10-4-2-3-5-11(10)15-16-12/h2-5,8-9H,6-7H2,1H3,(H,15,17)/t8-,9+/m0/s1. The summed E-state index contributed by atoms with van der Waals surface area (Å²) in [5, 5.41) is 6.96. The summed E-state index contributed by atoms with van der Waals surface area (Å²) in [5.74, 6) is 0.394. The molecule has 98 valence electrons. The van der Waals surface area contributed by atoms with Crippen molar-refractivity contribution in [2.75, 3.05) is 6.61 Å². The van der Waals surface area contributed by atoms with Crippen molar-refractivity contribution < 1.29 is 9.53 Å². The third-order valence-corrected chi connectivity index (χ3v) is 3.57. The van der Waals surface area contributed by atoms with E-state index in [1.807, 2.05) is 0 Å². The molecule has 1 aliphatic carbocycles. The molecule has 0 unspecified atom stereocenters. The van der Waals surface area contributed by atoms with Gasteiger partial charge in [-0.2, -0.15) is 5.10 Å². The fourth-order valence-corrected chi connectivity index (χ4v) is 2.09. The summed E-state index contributed by atoms with van der Waals surface area (Å²) in [4.78, 5) is 24.0.